The quantitative estimate of drug-likeness (QED) is 0.789. The molecular weight excluding hydrogens is 196 g/mol. The van der Waals surface area contributed by atoms with E-state index in [0.717, 1.165) is 5.56 Å². The van der Waals surface area contributed by atoms with Crippen LogP contribution in [0.4, 0.5) is 0 Å². The van der Waals surface area contributed by atoms with Crippen molar-refractivity contribution < 1.29 is 19.7 Å². The topological polar surface area (TPSA) is 58.9 Å². The highest BCUT2D eigenvalue weighted by molar-refractivity contribution is 5.61. The van der Waals surface area contributed by atoms with Crippen LogP contribution in [-0.2, 0) is 0 Å². The Morgan fingerprint density at radius 2 is 1.73 bits per heavy atom. The van der Waals surface area contributed by atoms with E-state index in [2.05, 4.69) is 0 Å². The molecule has 1 aromatic carbocycles. The van der Waals surface area contributed by atoms with E-state index in [1.54, 1.807) is 24.3 Å². The zero-order chi connectivity index (χ0) is 11.3. The van der Waals surface area contributed by atoms with Crippen LogP contribution in [0.25, 0.3) is 6.08 Å². The molecule has 0 bridgehead atoms. The molecule has 0 aliphatic carbocycles. The Morgan fingerprint density at radius 3 is 2.13 bits per heavy atom. The van der Waals surface area contributed by atoms with Gasteiger partial charge in [0, 0.05) is 0 Å². The van der Waals surface area contributed by atoms with Gasteiger partial charge < -0.3 is 19.7 Å². The van der Waals surface area contributed by atoms with Gasteiger partial charge in [0.05, 0.1) is 20.8 Å². The number of phenols is 1. The number of phenolic OH excluding ortho intramolecular Hbond substituents is 1. The van der Waals surface area contributed by atoms with Crippen molar-refractivity contribution in [2.45, 2.75) is 0 Å². The SMILES string of the molecule is COc1cc(/C=C/CO)cc(OC)c1O. The minimum atomic E-state index is -0.0362. The Hall–Kier alpha value is -1.68. The maximum atomic E-state index is 9.62. The van der Waals surface area contributed by atoms with Crippen LogP contribution in [0.15, 0.2) is 18.2 Å². The van der Waals surface area contributed by atoms with Crippen LogP contribution in [0.3, 0.4) is 0 Å². The summed E-state index contributed by atoms with van der Waals surface area (Å²) in [6.07, 6.45) is 3.30. The van der Waals surface area contributed by atoms with E-state index in [0.29, 0.717) is 11.5 Å². The Morgan fingerprint density at radius 1 is 1.20 bits per heavy atom. The number of hydrogen-bond acceptors (Lipinski definition) is 4. The van der Waals surface area contributed by atoms with Gasteiger partial charge in [-0.05, 0) is 17.7 Å². The number of rotatable bonds is 4. The standard InChI is InChI=1S/C11H14O4/c1-14-9-6-8(4-3-5-12)7-10(15-2)11(9)13/h3-4,6-7,12-13H,5H2,1-2H3/b4-3+. The fourth-order valence-electron chi connectivity index (χ4n) is 1.20. The molecule has 0 aliphatic rings. The molecule has 1 aromatic rings. The molecule has 0 unspecified atom stereocenters. The zero-order valence-electron chi connectivity index (χ0n) is 8.73. The fraction of sp³-hybridized carbons (Fsp3) is 0.273. The lowest BCUT2D eigenvalue weighted by Gasteiger charge is -2.09. The average Bonchev–Trinajstić information content (AvgIpc) is 2.27. The number of benzene rings is 1. The molecule has 0 spiro atoms. The molecule has 0 fully saturated rings. The number of aliphatic hydroxyl groups is 1. The first kappa shape index (κ1) is 11.4. The largest absolute Gasteiger partial charge is 0.502 e. The molecule has 1 rings (SSSR count). The molecule has 15 heavy (non-hydrogen) atoms. The highest BCUT2D eigenvalue weighted by atomic mass is 16.5. The van der Waals surface area contributed by atoms with Crippen molar-refractivity contribution in [2.24, 2.45) is 0 Å². The minimum Gasteiger partial charge on any atom is -0.502 e. The van der Waals surface area contributed by atoms with Crippen LogP contribution in [0.5, 0.6) is 17.2 Å². The van der Waals surface area contributed by atoms with Crippen LogP contribution in [0.1, 0.15) is 5.56 Å². The summed E-state index contributed by atoms with van der Waals surface area (Å²) in [7, 11) is 2.93. The molecule has 4 heteroatoms. The van der Waals surface area contributed by atoms with E-state index in [-0.39, 0.29) is 12.4 Å². The Balaban J connectivity index is 3.14. The maximum absolute atomic E-state index is 9.62. The van der Waals surface area contributed by atoms with Crippen molar-refractivity contribution >= 4 is 6.08 Å². The molecule has 82 valence electrons. The van der Waals surface area contributed by atoms with E-state index >= 15 is 0 Å². The normalized spacial score (nSPS) is 10.6. The van der Waals surface area contributed by atoms with Gasteiger partial charge in [0.1, 0.15) is 0 Å². The lowest BCUT2D eigenvalue weighted by atomic mass is 10.1. The van der Waals surface area contributed by atoms with Gasteiger partial charge in [0.15, 0.2) is 11.5 Å². The van der Waals surface area contributed by atoms with Gasteiger partial charge in [-0.25, -0.2) is 0 Å². The Labute approximate surface area is 88.4 Å². The van der Waals surface area contributed by atoms with Gasteiger partial charge in [-0.2, -0.15) is 0 Å². The molecule has 0 amide bonds. The molecule has 2 N–H and O–H groups in total. The van der Waals surface area contributed by atoms with Gasteiger partial charge in [0.2, 0.25) is 5.75 Å². The summed E-state index contributed by atoms with van der Waals surface area (Å²) in [5.41, 5.74) is 0.788. The second-order valence-electron chi connectivity index (χ2n) is 2.86. The summed E-state index contributed by atoms with van der Waals surface area (Å²) >= 11 is 0. The second kappa shape index (κ2) is 5.26. The summed E-state index contributed by atoms with van der Waals surface area (Å²) in [5.74, 6) is 0.653. The van der Waals surface area contributed by atoms with Crippen LogP contribution < -0.4 is 9.47 Å². The highest BCUT2D eigenvalue weighted by Crippen LogP contribution is 2.37. The van der Waals surface area contributed by atoms with E-state index in [9.17, 15) is 5.11 Å². The van der Waals surface area contributed by atoms with Crippen molar-refractivity contribution in [1.29, 1.82) is 0 Å². The summed E-state index contributed by atoms with van der Waals surface area (Å²) < 4.78 is 9.96. The number of methoxy groups -OCH3 is 2. The molecular formula is C11H14O4. The maximum Gasteiger partial charge on any atom is 0.200 e. The zero-order valence-corrected chi connectivity index (χ0v) is 8.73. The number of aliphatic hydroxyl groups excluding tert-OH is 1. The van der Waals surface area contributed by atoms with Crippen LogP contribution >= 0.6 is 0 Å². The fourth-order valence-corrected chi connectivity index (χ4v) is 1.20. The predicted molar refractivity (Wildman–Crippen MR) is 57.3 cm³/mol. The molecule has 0 atom stereocenters. The third-order valence-corrected chi connectivity index (χ3v) is 1.92. The molecule has 0 radical (unpaired) electrons. The van der Waals surface area contributed by atoms with Gasteiger partial charge >= 0.3 is 0 Å². The van der Waals surface area contributed by atoms with E-state index in [1.165, 1.54) is 14.2 Å². The van der Waals surface area contributed by atoms with Crippen molar-refractivity contribution in [2.75, 3.05) is 20.8 Å². The third-order valence-electron chi connectivity index (χ3n) is 1.92. The van der Waals surface area contributed by atoms with Gasteiger partial charge in [0.25, 0.3) is 0 Å². The van der Waals surface area contributed by atoms with E-state index < -0.39 is 0 Å². The molecule has 4 nitrogen and oxygen atoms in total. The number of hydrogen-bond donors (Lipinski definition) is 2. The molecule has 0 heterocycles. The van der Waals surface area contributed by atoms with Crippen LogP contribution in [-0.4, -0.2) is 31.0 Å². The van der Waals surface area contributed by atoms with Crippen molar-refractivity contribution in [3.05, 3.63) is 23.8 Å². The van der Waals surface area contributed by atoms with Gasteiger partial charge in [-0.15, -0.1) is 0 Å². The first-order valence-electron chi connectivity index (χ1n) is 4.45. The second-order valence-corrected chi connectivity index (χ2v) is 2.86. The number of ether oxygens (including phenoxy) is 2. The Bertz CT molecular complexity index is 333. The highest BCUT2D eigenvalue weighted by Gasteiger charge is 2.09. The first-order chi connectivity index (χ1) is 7.22. The van der Waals surface area contributed by atoms with Crippen molar-refractivity contribution in [1.82, 2.24) is 0 Å². The van der Waals surface area contributed by atoms with Crippen LogP contribution in [0, 0.1) is 0 Å². The van der Waals surface area contributed by atoms with E-state index in [4.69, 9.17) is 14.6 Å². The molecule has 0 saturated heterocycles. The smallest absolute Gasteiger partial charge is 0.200 e. The lowest BCUT2D eigenvalue weighted by Crippen LogP contribution is -1.90. The molecule has 0 saturated carbocycles. The van der Waals surface area contributed by atoms with Crippen molar-refractivity contribution in [3.8, 4) is 17.2 Å². The van der Waals surface area contributed by atoms with Crippen LogP contribution in [0.2, 0.25) is 0 Å². The molecule has 0 aromatic heterocycles. The molecule has 0 aliphatic heterocycles. The summed E-state index contributed by atoms with van der Waals surface area (Å²) in [6, 6.07) is 3.31. The van der Waals surface area contributed by atoms with Gasteiger partial charge in [-0.1, -0.05) is 12.2 Å². The van der Waals surface area contributed by atoms with Crippen molar-refractivity contribution in [3.63, 3.8) is 0 Å². The lowest BCUT2D eigenvalue weighted by molar-refractivity contribution is 0.339. The Kier molecular flexibility index (Phi) is 4.00. The average molecular weight is 210 g/mol. The monoisotopic (exact) mass is 210 g/mol. The van der Waals surface area contributed by atoms with E-state index in [1.807, 2.05) is 0 Å². The third kappa shape index (κ3) is 2.63. The summed E-state index contributed by atoms with van der Waals surface area (Å²) in [6.45, 7) is -0.0362. The predicted octanol–water partition coefficient (Wildman–Crippen LogP) is 1.41. The minimum absolute atomic E-state index is 0.0267. The summed E-state index contributed by atoms with van der Waals surface area (Å²) in [5, 5.41) is 18.3. The summed E-state index contributed by atoms with van der Waals surface area (Å²) in [4.78, 5) is 0. The number of aromatic hydroxyl groups is 1. The first-order valence-corrected chi connectivity index (χ1v) is 4.45. The van der Waals surface area contributed by atoms with Gasteiger partial charge in [-0.3, -0.25) is 0 Å².